The molecule has 0 fully saturated rings. The molecular weight excluding hydrogens is 318 g/mol. The fourth-order valence-electron chi connectivity index (χ4n) is 1.82. The van der Waals surface area contributed by atoms with Crippen molar-refractivity contribution in [2.75, 3.05) is 0 Å². The fraction of sp³-hybridized carbons (Fsp3) is 0.250. The minimum Gasteiger partial charge on any atom is -0.324 e. The highest BCUT2D eigenvalue weighted by molar-refractivity contribution is 9.10. The second-order valence-electron chi connectivity index (χ2n) is 4.85. The number of hydrogen-bond donors (Lipinski definition) is 1. The lowest BCUT2D eigenvalue weighted by atomic mass is 10.1. The number of nitrogens with two attached hydrogens (primary N) is 1. The second-order valence-corrected chi connectivity index (χ2v) is 6.79. The van der Waals surface area contributed by atoms with E-state index in [-0.39, 0.29) is 6.04 Å². The fourth-order valence-corrected chi connectivity index (χ4v) is 3.46. The molecule has 0 heterocycles. The average Bonchev–Trinajstić information content (AvgIpc) is 2.36. The topological polar surface area (TPSA) is 26.0 Å². The van der Waals surface area contributed by atoms with Crippen LogP contribution in [0.4, 0.5) is 0 Å². The van der Waals surface area contributed by atoms with Crippen molar-refractivity contribution in [1.82, 2.24) is 0 Å². The first-order chi connectivity index (χ1) is 8.97. The molecule has 2 aromatic carbocycles. The van der Waals surface area contributed by atoms with Crippen molar-refractivity contribution in [2.45, 2.75) is 36.6 Å². The molecule has 0 amide bonds. The monoisotopic (exact) mass is 335 g/mol. The maximum Gasteiger partial charge on any atom is 0.0318 e. The van der Waals surface area contributed by atoms with E-state index in [1.165, 1.54) is 20.9 Å². The molecule has 3 heteroatoms. The van der Waals surface area contributed by atoms with Gasteiger partial charge in [-0.1, -0.05) is 30.0 Å². The molecule has 0 aliphatic carbocycles. The summed E-state index contributed by atoms with van der Waals surface area (Å²) in [7, 11) is 0. The van der Waals surface area contributed by atoms with E-state index >= 15 is 0 Å². The Morgan fingerprint density at radius 3 is 2.42 bits per heavy atom. The molecule has 0 bridgehead atoms. The standard InChI is InChI=1S/C16H18BrNS/c1-10-4-5-11(2)16(8-10)19-15-7-6-13(12(3)18)9-14(15)17/h4-9,12H,18H2,1-3H3. The van der Waals surface area contributed by atoms with Gasteiger partial charge in [-0.25, -0.2) is 0 Å². The van der Waals surface area contributed by atoms with E-state index in [0.717, 1.165) is 10.0 Å². The number of aryl methyl sites for hydroxylation is 2. The lowest BCUT2D eigenvalue weighted by Crippen LogP contribution is -2.04. The van der Waals surface area contributed by atoms with Crippen LogP contribution in [0.2, 0.25) is 0 Å². The van der Waals surface area contributed by atoms with E-state index in [1.54, 1.807) is 11.8 Å². The zero-order chi connectivity index (χ0) is 14.0. The summed E-state index contributed by atoms with van der Waals surface area (Å²) in [6, 6.07) is 13.0. The maximum atomic E-state index is 5.90. The van der Waals surface area contributed by atoms with Crippen LogP contribution >= 0.6 is 27.7 Å². The molecule has 0 saturated carbocycles. The molecular formula is C16H18BrNS. The summed E-state index contributed by atoms with van der Waals surface area (Å²) in [6.45, 7) is 6.27. The molecule has 1 atom stereocenters. The molecule has 2 aromatic rings. The Morgan fingerprint density at radius 2 is 1.79 bits per heavy atom. The van der Waals surface area contributed by atoms with Crippen molar-refractivity contribution in [3.63, 3.8) is 0 Å². The Hall–Kier alpha value is -0.770. The summed E-state index contributed by atoms with van der Waals surface area (Å²) < 4.78 is 1.10. The Morgan fingerprint density at radius 1 is 1.05 bits per heavy atom. The maximum absolute atomic E-state index is 5.90. The average molecular weight is 336 g/mol. The lowest BCUT2D eigenvalue weighted by Gasteiger charge is -2.11. The highest BCUT2D eigenvalue weighted by Crippen LogP contribution is 2.36. The van der Waals surface area contributed by atoms with E-state index < -0.39 is 0 Å². The van der Waals surface area contributed by atoms with Crippen LogP contribution in [0.3, 0.4) is 0 Å². The first-order valence-corrected chi connectivity index (χ1v) is 7.88. The summed E-state index contributed by atoms with van der Waals surface area (Å²) in [4.78, 5) is 2.52. The third kappa shape index (κ3) is 3.62. The molecule has 0 radical (unpaired) electrons. The summed E-state index contributed by atoms with van der Waals surface area (Å²) >= 11 is 5.43. The van der Waals surface area contributed by atoms with Gasteiger partial charge in [0, 0.05) is 20.3 Å². The SMILES string of the molecule is Cc1ccc(C)c(Sc2ccc(C(C)N)cc2Br)c1. The van der Waals surface area contributed by atoms with Gasteiger partial charge in [-0.15, -0.1) is 0 Å². The normalized spacial score (nSPS) is 12.5. The van der Waals surface area contributed by atoms with Gasteiger partial charge in [0.2, 0.25) is 0 Å². The van der Waals surface area contributed by atoms with E-state index in [4.69, 9.17) is 5.73 Å². The Labute approximate surface area is 127 Å². The molecule has 0 aromatic heterocycles. The van der Waals surface area contributed by atoms with Gasteiger partial charge in [0.15, 0.2) is 0 Å². The number of halogens is 1. The molecule has 2 N–H and O–H groups in total. The third-order valence-electron chi connectivity index (χ3n) is 3.05. The van der Waals surface area contributed by atoms with E-state index in [2.05, 4.69) is 66.2 Å². The van der Waals surface area contributed by atoms with Gasteiger partial charge in [-0.05, 0) is 71.6 Å². The van der Waals surface area contributed by atoms with Gasteiger partial charge in [-0.2, -0.15) is 0 Å². The number of benzene rings is 2. The van der Waals surface area contributed by atoms with Crippen LogP contribution in [-0.4, -0.2) is 0 Å². The highest BCUT2D eigenvalue weighted by Gasteiger charge is 2.08. The van der Waals surface area contributed by atoms with Gasteiger partial charge >= 0.3 is 0 Å². The minimum absolute atomic E-state index is 0.0658. The predicted molar refractivity (Wildman–Crippen MR) is 86.8 cm³/mol. The van der Waals surface area contributed by atoms with Crippen LogP contribution in [0, 0.1) is 13.8 Å². The Balaban J connectivity index is 2.31. The molecule has 1 unspecified atom stereocenters. The first kappa shape index (κ1) is 14.6. The third-order valence-corrected chi connectivity index (χ3v) is 5.20. The van der Waals surface area contributed by atoms with Crippen LogP contribution in [0.5, 0.6) is 0 Å². The largest absolute Gasteiger partial charge is 0.324 e. The van der Waals surface area contributed by atoms with E-state index in [1.807, 2.05) is 6.92 Å². The first-order valence-electron chi connectivity index (χ1n) is 6.27. The van der Waals surface area contributed by atoms with Gasteiger partial charge in [0.05, 0.1) is 0 Å². The molecule has 0 saturated heterocycles. The van der Waals surface area contributed by atoms with Crippen molar-refractivity contribution in [3.05, 3.63) is 57.6 Å². The summed E-state index contributed by atoms with van der Waals surface area (Å²) in [5.41, 5.74) is 9.64. The molecule has 0 spiro atoms. The molecule has 2 rings (SSSR count). The van der Waals surface area contributed by atoms with Crippen LogP contribution in [0.15, 0.2) is 50.7 Å². The summed E-state index contributed by atoms with van der Waals surface area (Å²) in [6.07, 6.45) is 0. The van der Waals surface area contributed by atoms with E-state index in [0.29, 0.717) is 0 Å². The molecule has 1 nitrogen and oxygen atoms in total. The van der Waals surface area contributed by atoms with Gasteiger partial charge < -0.3 is 5.73 Å². The van der Waals surface area contributed by atoms with Crippen molar-refractivity contribution >= 4 is 27.7 Å². The van der Waals surface area contributed by atoms with Crippen LogP contribution < -0.4 is 5.73 Å². The summed E-state index contributed by atoms with van der Waals surface area (Å²) in [5, 5.41) is 0. The smallest absolute Gasteiger partial charge is 0.0318 e. The molecule has 100 valence electrons. The second kappa shape index (κ2) is 6.12. The zero-order valence-electron chi connectivity index (χ0n) is 11.4. The van der Waals surface area contributed by atoms with Crippen LogP contribution in [-0.2, 0) is 0 Å². The predicted octanol–water partition coefficient (Wildman–Crippen LogP) is 5.24. The van der Waals surface area contributed by atoms with Crippen molar-refractivity contribution in [2.24, 2.45) is 5.73 Å². The van der Waals surface area contributed by atoms with Crippen molar-refractivity contribution in [1.29, 1.82) is 0 Å². The lowest BCUT2D eigenvalue weighted by molar-refractivity contribution is 0.815. The number of hydrogen-bond acceptors (Lipinski definition) is 2. The van der Waals surface area contributed by atoms with E-state index in [9.17, 15) is 0 Å². The van der Waals surface area contributed by atoms with Gasteiger partial charge in [0.1, 0.15) is 0 Å². The van der Waals surface area contributed by atoms with Gasteiger partial charge in [-0.3, -0.25) is 0 Å². The zero-order valence-corrected chi connectivity index (χ0v) is 13.8. The quantitative estimate of drug-likeness (QED) is 0.830. The van der Waals surface area contributed by atoms with Crippen molar-refractivity contribution < 1.29 is 0 Å². The summed E-state index contributed by atoms with van der Waals surface area (Å²) in [5.74, 6) is 0. The van der Waals surface area contributed by atoms with Crippen molar-refractivity contribution in [3.8, 4) is 0 Å². The molecule has 0 aliphatic rings. The van der Waals surface area contributed by atoms with Crippen LogP contribution in [0.1, 0.15) is 29.7 Å². The van der Waals surface area contributed by atoms with Gasteiger partial charge in [0.25, 0.3) is 0 Å². The Bertz CT molecular complexity index is 593. The number of rotatable bonds is 3. The minimum atomic E-state index is 0.0658. The van der Waals surface area contributed by atoms with Crippen LogP contribution in [0.25, 0.3) is 0 Å². The highest BCUT2D eigenvalue weighted by atomic mass is 79.9. The molecule has 0 aliphatic heterocycles. The Kier molecular flexibility index (Phi) is 4.71. The molecule has 19 heavy (non-hydrogen) atoms.